The number of nitrogens with one attached hydrogen (secondary N) is 3. The van der Waals surface area contributed by atoms with Crippen LogP contribution < -0.4 is 20.7 Å². The van der Waals surface area contributed by atoms with Crippen molar-refractivity contribution in [1.29, 1.82) is 0 Å². The van der Waals surface area contributed by atoms with Gasteiger partial charge in [0.2, 0.25) is 0 Å². The number of aryl methyl sites for hydroxylation is 1. The number of hydrogen-bond donors (Lipinski definition) is 3. The molecule has 0 saturated heterocycles. The predicted molar refractivity (Wildman–Crippen MR) is 121 cm³/mol. The standard InChI is InChI=1S/C19H27N7O2.HI/c1-20-19(22-11-17-23-13-24-26(17)2)21-10-9-14-3-7-16(8-4-14)28-12-18(27)25-15-5-6-15;/h3-4,7-8,13,15H,5-6,9-12H2,1-2H3,(H,25,27)(H2,20,21,22);1H. The molecule has 9 nitrogen and oxygen atoms in total. The Morgan fingerprint density at radius 2 is 2.03 bits per heavy atom. The third-order valence-corrected chi connectivity index (χ3v) is 4.38. The van der Waals surface area contributed by atoms with Crippen LogP contribution in [0.1, 0.15) is 24.2 Å². The van der Waals surface area contributed by atoms with Gasteiger partial charge in [-0.05, 0) is 37.0 Å². The Morgan fingerprint density at radius 1 is 1.28 bits per heavy atom. The van der Waals surface area contributed by atoms with Gasteiger partial charge < -0.3 is 20.7 Å². The molecule has 3 N–H and O–H groups in total. The van der Waals surface area contributed by atoms with Gasteiger partial charge in [0.15, 0.2) is 12.6 Å². The zero-order chi connectivity index (χ0) is 19.8. The molecule has 0 bridgehead atoms. The molecule has 0 aliphatic heterocycles. The fourth-order valence-electron chi connectivity index (χ4n) is 2.59. The van der Waals surface area contributed by atoms with Crippen molar-refractivity contribution in [1.82, 2.24) is 30.7 Å². The second kappa shape index (κ2) is 11.6. The number of amides is 1. The van der Waals surface area contributed by atoms with Crippen LogP contribution in [0.4, 0.5) is 0 Å². The highest BCUT2D eigenvalue weighted by molar-refractivity contribution is 14.0. The van der Waals surface area contributed by atoms with E-state index in [9.17, 15) is 4.79 Å². The Morgan fingerprint density at radius 3 is 2.66 bits per heavy atom. The zero-order valence-corrected chi connectivity index (χ0v) is 19.1. The Balaban J connectivity index is 0.00000300. The Hall–Kier alpha value is -2.37. The van der Waals surface area contributed by atoms with E-state index in [0.717, 1.165) is 31.6 Å². The summed E-state index contributed by atoms with van der Waals surface area (Å²) < 4.78 is 7.24. The quantitative estimate of drug-likeness (QED) is 0.263. The molecular formula is C19H28IN7O2. The summed E-state index contributed by atoms with van der Waals surface area (Å²) in [6.07, 6.45) is 4.52. The minimum atomic E-state index is -0.0593. The van der Waals surface area contributed by atoms with Crippen molar-refractivity contribution < 1.29 is 9.53 Å². The van der Waals surface area contributed by atoms with E-state index in [0.29, 0.717) is 24.3 Å². The molecule has 1 aliphatic carbocycles. The second-order valence-electron chi connectivity index (χ2n) is 6.68. The number of ether oxygens (including phenoxy) is 1. The number of aliphatic imine (C=N–C) groups is 1. The summed E-state index contributed by atoms with van der Waals surface area (Å²) in [5.74, 6) is 2.19. The lowest BCUT2D eigenvalue weighted by atomic mass is 10.1. The predicted octanol–water partition coefficient (Wildman–Crippen LogP) is 0.998. The molecule has 29 heavy (non-hydrogen) atoms. The van der Waals surface area contributed by atoms with Crippen molar-refractivity contribution in [3.63, 3.8) is 0 Å². The van der Waals surface area contributed by atoms with Crippen LogP contribution in [0.5, 0.6) is 5.75 Å². The summed E-state index contributed by atoms with van der Waals surface area (Å²) in [6.45, 7) is 1.35. The third-order valence-electron chi connectivity index (χ3n) is 4.38. The van der Waals surface area contributed by atoms with Gasteiger partial charge in [0, 0.05) is 26.7 Å². The highest BCUT2D eigenvalue weighted by atomic mass is 127. The molecule has 10 heteroatoms. The molecule has 0 spiro atoms. The molecular weight excluding hydrogens is 485 g/mol. The van der Waals surface area contributed by atoms with Crippen molar-refractivity contribution in [3.05, 3.63) is 42.0 Å². The number of aromatic nitrogens is 3. The first kappa shape index (κ1) is 22.9. The smallest absolute Gasteiger partial charge is 0.258 e. The molecule has 0 unspecified atom stereocenters. The molecule has 1 aromatic heterocycles. The summed E-state index contributed by atoms with van der Waals surface area (Å²) in [5.41, 5.74) is 1.17. The van der Waals surface area contributed by atoms with Gasteiger partial charge in [-0.3, -0.25) is 14.5 Å². The lowest BCUT2D eigenvalue weighted by Crippen LogP contribution is -2.38. The molecule has 2 aromatic rings. The van der Waals surface area contributed by atoms with Crippen LogP contribution in [0.15, 0.2) is 35.6 Å². The monoisotopic (exact) mass is 513 g/mol. The van der Waals surface area contributed by atoms with Crippen LogP contribution in [0, 0.1) is 0 Å². The van der Waals surface area contributed by atoms with Crippen LogP contribution >= 0.6 is 24.0 Å². The van der Waals surface area contributed by atoms with Gasteiger partial charge in [0.25, 0.3) is 5.91 Å². The minimum absolute atomic E-state index is 0. The number of guanidine groups is 1. The molecule has 0 radical (unpaired) electrons. The molecule has 1 heterocycles. The minimum Gasteiger partial charge on any atom is -0.484 e. The van der Waals surface area contributed by atoms with Crippen LogP contribution in [0.25, 0.3) is 0 Å². The normalized spacial score (nSPS) is 13.4. The zero-order valence-electron chi connectivity index (χ0n) is 16.7. The third kappa shape index (κ3) is 7.87. The van der Waals surface area contributed by atoms with E-state index in [1.807, 2.05) is 31.3 Å². The van der Waals surface area contributed by atoms with Crippen LogP contribution in [-0.2, 0) is 24.8 Å². The summed E-state index contributed by atoms with van der Waals surface area (Å²) in [4.78, 5) is 20.0. The summed E-state index contributed by atoms with van der Waals surface area (Å²) >= 11 is 0. The first-order chi connectivity index (χ1) is 13.6. The number of carbonyl (C=O) groups is 1. The van der Waals surface area contributed by atoms with Crippen molar-refractivity contribution in [2.24, 2.45) is 12.0 Å². The van der Waals surface area contributed by atoms with Crippen molar-refractivity contribution in [3.8, 4) is 5.75 Å². The number of carbonyl (C=O) groups excluding carboxylic acids is 1. The lowest BCUT2D eigenvalue weighted by Gasteiger charge is -2.12. The van der Waals surface area contributed by atoms with E-state index >= 15 is 0 Å². The fraction of sp³-hybridized carbons (Fsp3) is 0.474. The average molecular weight is 513 g/mol. The van der Waals surface area contributed by atoms with Gasteiger partial charge in [-0.25, -0.2) is 4.98 Å². The number of benzene rings is 1. The Kier molecular flexibility index (Phi) is 9.16. The topological polar surface area (TPSA) is 105 Å². The van der Waals surface area contributed by atoms with Gasteiger partial charge in [-0.15, -0.1) is 24.0 Å². The number of halogens is 1. The Bertz CT molecular complexity index is 803. The van der Waals surface area contributed by atoms with Crippen LogP contribution in [0.3, 0.4) is 0 Å². The summed E-state index contributed by atoms with van der Waals surface area (Å²) in [7, 11) is 3.59. The molecule has 0 atom stereocenters. The van der Waals surface area contributed by atoms with E-state index in [-0.39, 0.29) is 36.5 Å². The average Bonchev–Trinajstić information content (AvgIpc) is 3.42. The van der Waals surface area contributed by atoms with E-state index in [1.165, 1.54) is 11.9 Å². The van der Waals surface area contributed by atoms with E-state index in [4.69, 9.17) is 4.74 Å². The molecule has 1 aromatic carbocycles. The first-order valence-electron chi connectivity index (χ1n) is 9.42. The van der Waals surface area contributed by atoms with Crippen LogP contribution in [-0.4, -0.2) is 52.9 Å². The van der Waals surface area contributed by atoms with Gasteiger partial charge in [-0.1, -0.05) is 12.1 Å². The maximum Gasteiger partial charge on any atom is 0.258 e. The van der Waals surface area contributed by atoms with Gasteiger partial charge >= 0.3 is 0 Å². The van der Waals surface area contributed by atoms with Gasteiger partial charge in [0.05, 0.1) is 6.54 Å². The molecule has 1 amide bonds. The van der Waals surface area contributed by atoms with E-state index in [1.54, 1.807) is 11.7 Å². The molecule has 1 aliphatic rings. The van der Waals surface area contributed by atoms with E-state index < -0.39 is 0 Å². The molecule has 1 saturated carbocycles. The summed E-state index contributed by atoms with van der Waals surface area (Å²) in [6, 6.07) is 8.15. The van der Waals surface area contributed by atoms with E-state index in [2.05, 4.69) is 31.0 Å². The van der Waals surface area contributed by atoms with Gasteiger partial charge in [-0.2, -0.15) is 5.10 Å². The maximum absolute atomic E-state index is 11.6. The summed E-state index contributed by atoms with van der Waals surface area (Å²) in [5, 5.41) is 13.4. The highest BCUT2D eigenvalue weighted by Gasteiger charge is 2.23. The largest absolute Gasteiger partial charge is 0.484 e. The Labute approximate surface area is 187 Å². The first-order valence-corrected chi connectivity index (χ1v) is 9.42. The van der Waals surface area contributed by atoms with Crippen molar-refractivity contribution in [2.45, 2.75) is 31.8 Å². The van der Waals surface area contributed by atoms with Crippen LogP contribution in [0.2, 0.25) is 0 Å². The number of nitrogens with zero attached hydrogens (tertiary/aromatic N) is 4. The maximum atomic E-state index is 11.6. The molecule has 3 rings (SSSR count). The lowest BCUT2D eigenvalue weighted by molar-refractivity contribution is -0.123. The number of rotatable bonds is 9. The van der Waals surface area contributed by atoms with Gasteiger partial charge in [0.1, 0.15) is 17.9 Å². The molecule has 1 fully saturated rings. The van der Waals surface area contributed by atoms with Crippen molar-refractivity contribution in [2.75, 3.05) is 20.2 Å². The SMILES string of the molecule is CN=C(NCCc1ccc(OCC(=O)NC2CC2)cc1)NCc1ncnn1C.I. The highest BCUT2D eigenvalue weighted by Crippen LogP contribution is 2.18. The second-order valence-corrected chi connectivity index (χ2v) is 6.68. The number of hydrogen-bond acceptors (Lipinski definition) is 5. The fourth-order valence-corrected chi connectivity index (χ4v) is 2.59. The van der Waals surface area contributed by atoms with Crippen molar-refractivity contribution >= 4 is 35.8 Å². The molecule has 158 valence electrons.